The van der Waals surface area contributed by atoms with Crippen molar-refractivity contribution in [3.63, 3.8) is 0 Å². The molecule has 0 aliphatic rings. The Morgan fingerprint density at radius 3 is 2.20 bits per heavy atom. The van der Waals surface area contributed by atoms with Crippen molar-refractivity contribution in [3.05, 3.63) is 84.2 Å². The number of hydrogen-bond donors (Lipinski definition) is 3. The Bertz CT molecular complexity index is 1160. The zero-order chi connectivity index (χ0) is 25.3. The SMILES string of the molecule is CC(C)(C)OC(=O)Nc1ccccc1NC(=O)c1ccc(CNC(=O)COc2cccnc2)cc1. The summed E-state index contributed by atoms with van der Waals surface area (Å²) < 4.78 is 10.6. The molecule has 35 heavy (non-hydrogen) atoms. The second-order valence-electron chi connectivity index (χ2n) is 8.58. The predicted octanol–water partition coefficient (Wildman–Crippen LogP) is 4.38. The van der Waals surface area contributed by atoms with Crippen LogP contribution in [0.4, 0.5) is 16.2 Å². The standard InChI is InChI=1S/C26H28N4O5/c1-26(2,3)35-25(33)30-22-9-5-4-8-21(22)29-24(32)19-12-10-18(11-13-19)15-28-23(31)17-34-20-7-6-14-27-16-20/h4-14,16H,15,17H2,1-3H3,(H,28,31)(H,29,32)(H,30,33). The van der Waals surface area contributed by atoms with Crippen LogP contribution in [0, 0.1) is 0 Å². The molecule has 1 aromatic heterocycles. The lowest BCUT2D eigenvalue weighted by Gasteiger charge is -2.20. The number of carbonyl (C=O) groups excluding carboxylic acids is 3. The van der Waals surface area contributed by atoms with E-state index < -0.39 is 11.7 Å². The number of amides is 3. The van der Waals surface area contributed by atoms with Gasteiger partial charge in [0.2, 0.25) is 0 Å². The number of rotatable bonds is 8. The van der Waals surface area contributed by atoms with Crippen LogP contribution in [0.5, 0.6) is 5.75 Å². The van der Waals surface area contributed by atoms with Crippen LogP contribution in [0.3, 0.4) is 0 Å². The fraction of sp³-hybridized carbons (Fsp3) is 0.231. The molecule has 0 aliphatic heterocycles. The Balaban J connectivity index is 1.52. The third-order valence-corrected chi connectivity index (χ3v) is 4.52. The lowest BCUT2D eigenvalue weighted by Crippen LogP contribution is -2.28. The molecule has 2 aromatic carbocycles. The normalized spacial score (nSPS) is 10.7. The highest BCUT2D eigenvalue weighted by atomic mass is 16.6. The lowest BCUT2D eigenvalue weighted by molar-refractivity contribution is -0.123. The molecule has 0 atom stereocenters. The second kappa shape index (κ2) is 11.6. The third kappa shape index (κ3) is 8.47. The van der Waals surface area contributed by atoms with Gasteiger partial charge in [0.15, 0.2) is 6.61 Å². The number of carbonyl (C=O) groups is 3. The van der Waals surface area contributed by atoms with Gasteiger partial charge in [0.1, 0.15) is 11.4 Å². The Morgan fingerprint density at radius 2 is 1.57 bits per heavy atom. The third-order valence-electron chi connectivity index (χ3n) is 4.52. The first-order valence-electron chi connectivity index (χ1n) is 11.0. The van der Waals surface area contributed by atoms with Crippen molar-refractivity contribution in [3.8, 4) is 5.75 Å². The maximum Gasteiger partial charge on any atom is 0.412 e. The molecule has 0 aliphatic carbocycles. The summed E-state index contributed by atoms with van der Waals surface area (Å²) in [4.78, 5) is 40.8. The van der Waals surface area contributed by atoms with Gasteiger partial charge in [-0.1, -0.05) is 24.3 Å². The number of anilines is 2. The molecule has 0 radical (unpaired) electrons. The van der Waals surface area contributed by atoms with E-state index >= 15 is 0 Å². The molecule has 0 unspecified atom stereocenters. The fourth-order valence-corrected chi connectivity index (χ4v) is 2.92. The molecule has 0 fully saturated rings. The van der Waals surface area contributed by atoms with Crippen LogP contribution < -0.4 is 20.7 Å². The zero-order valence-corrected chi connectivity index (χ0v) is 19.8. The maximum absolute atomic E-state index is 12.7. The van der Waals surface area contributed by atoms with Gasteiger partial charge >= 0.3 is 6.09 Å². The minimum absolute atomic E-state index is 0.122. The highest BCUT2D eigenvalue weighted by molar-refractivity contribution is 6.06. The van der Waals surface area contributed by atoms with Crippen LogP contribution >= 0.6 is 0 Å². The van der Waals surface area contributed by atoms with Crippen LogP contribution in [0.1, 0.15) is 36.7 Å². The summed E-state index contributed by atoms with van der Waals surface area (Å²) in [5.41, 5.74) is 1.46. The highest BCUT2D eigenvalue weighted by Gasteiger charge is 2.18. The quantitative estimate of drug-likeness (QED) is 0.444. The summed E-state index contributed by atoms with van der Waals surface area (Å²) in [6, 6.07) is 17.1. The van der Waals surface area contributed by atoms with Crippen LogP contribution in [-0.4, -0.2) is 35.1 Å². The van der Waals surface area contributed by atoms with Gasteiger partial charge in [0.25, 0.3) is 11.8 Å². The largest absolute Gasteiger partial charge is 0.482 e. The number of aromatic nitrogens is 1. The second-order valence-corrected chi connectivity index (χ2v) is 8.58. The summed E-state index contributed by atoms with van der Waals surface area (Å²) in [6.45, 7) is 5.48. The number of nitrogens with one attached hydrogen (secondary N) is 3. The molecule has 0 saturated carbocycles. The summed E-state index contributed by atoms with van der Waals surface area (Å²) in [6.07, 6.45) is 2.54. The average Bonchev–Trinajstić information content (AvgIpc) is 2.82. The van der Waals surface area contributed by atoms with Gasteiger partial charge in [-0.25, -0.2) is 4.79 Å². The number of benzene rings is 2. The first-order chi connectivity index (χ1) is 16.7. The first-order valence-corrected chi connectivity index (χ1v) is 11.0. The Labute approximate surface area is 203 Å². The summed E-state index contributed by atoms with van der Waals surface area (Å²) in [5.74, 6) is -0.102. The van der Waals surface area contributed by atoms with Gasteiger partial charge in [0, 0.05) is 18.3 Å². The molecule has 1 heterocycles. The van der Waals surface area contributed by atoms with E-state index in [1.165, 1.54) is 6.20 Å². The summed E-state index contributed by atoms with van der Waals surface area (Å²) >= 11 is 0. The minimum Gasteiger partial charge on any atom is -0.482 e. The van der Waals surface area contributed by atoms with Crippen molar-refractivity contribution in [2.45, 2.75) is 32.9 Å². The van der Waals surface area contributed by atoms with Gasteiger partial charge in [-0.15, -0.1) is 0 Å². The van der Waals surface area contributed by atoms with Crippen molar-refractivity contribution in [1.29, 1.82) is 0 Å². The lowest BCUT2D eigenvalue weighted by atomic mass is 10.1. The van der Waals surface area contributed by atoms with Crippen molar-refractivity contribution in [1.82, 2.24) is 10.3 Å². The number of ether oxygens (including phenoxy) is 2. The zero-order valence-electron chi connectivity index (χ0n) is 19.8. The molecule has 3 rings (SSSR count). The molecular formula is C26H28N4O5. The van der Waals surface area contributed by atoms with Crippen LogP contribution in [0.25, 0.3) is 0 Å². The van der Waals surface area contributed by atoms with Crippen molar-refractivity contribution in [2.75, 3.05) is 17.2 Å². The monoisotopic (exact) mass is 476 g/mol. The highest BCUT2D eigenvalue weighted by Crippen LogP contribution is 2.23. The number of pyridine rings is 1. The molecule has 9 nitrogen and oxygen atoms in total. The Morgan fingerprint density at radius 1 is 0.886 bits per heavy atom. The van der Waals surface area contributed by atoms with E-state index in [9.17, 15) is 14.4 Å². The molecular weight excluding hydrogens is 448 g/mol. The van der Waals surface area contributed by atoms with E-state index in [0.29, 0.717) is 29.2 Å². The van der Waals surface area contributed by atoms with E-state index in [0.717, 1.165) is 5.56 Å². The number of hydrogen-bond acceptors (Lipinski definition) is 6. The minimum atomic E-state index is -0.643. The number of nitrogens with zero attached hydrogens (tertiary/aromatic N) is 1. The molecule has 9 heteroatoms. The van der Waals surface area contributed by atoms with Gasteiger partial charge in [-0.05, 0) is 62.7 Å². The fourth-order valence-electron chi connectivity index (χ4n) is 2.92. The summed E-state index contributed by atoms with van der Waals surface area (Å²) in [7, 11) is 0. The van der Waals surface area contributed by atoms with E-state index in [1.807, 2.05) is 0 Å². The van der Waals surface area contributed by atoms with Crippen LogP contribution in [0.15, 0.2) is 73.1 Å². The average molecular weight is 477 g/mol. The van der Waals surface area contributed by atoms with Gasteiger partial charge < -0.3 is 20.1 Å². The maximum atomic E-state index is 12.7. The van der Waals surface area contributed by atoms with E-state index in [4.69, 9.17) is 9.47 Å². The van der Waals surface area contributed by atoms with Crippen LogP contribution in [0.2, 0.25) is 0 Å². The summed E-state index contributed by atoms with van der Waals surface area (Å²) in [5, 5.41) is 8.21. The van der Waals surface area contributed by atoms with E-state index in [1.54, 1.807) is 87.6 Å². The molecule has 3 aromatic rings. The molecule has 3 amide bonds. The Hall–Kier alpha value is -4.40. The van der Waals surface area contributed by atoms with Gasteiger partial charge in [-0.2, -0.15) is 0 Å². The van der Waals surface area contributed by atoms with E-state index in [2.05, 4.69) is 20.9 Å². The molecule has 0 spiro atoms. The molecule has 0 saturated heterocycles. The molecule has 0 bridgehead atoms. The van der Waals surface area contributed by atoms with Crippen molar-refractivity contribution >= 4 is 29.3 Å². The van der Waals surface area contributed by atoms with Gasteiger partial charge in [0.05, 0.1) is 17.6 Å². The molecule has 182 valence electrons. The first kappa shape index (κ1) is 25.2. The van der Waals surface area contributed by atoms with Crippen molar-refractivity contribution < 1.29 is 23.9 Å². The van der Waals surface area contributed by atoms with Gasteiger partial charge in [-0.3, -0.25) is 19.9 Å². The molecule has 3 N–H and O–H groups in total. The number of para-hydroxylation sites is 2. The van der Waals surface area contributed by atoms with E-state index in [-0.39, 0.29) is 18.4 Å². The smallest absolute Gasteiger partial charge is 0.412 e. The van der Waals surface area contributed by atoms with Crippen molar-refractivity contribution in [2.24, 2.45) is 0 Å². The Kier molecular flexibility index (Phi) is 8.39. The van der Waals surface area contributed by atoms with Crippen LogP contribution in [-0.2, 0) is 16.1 Å². The topological polar surface area (TPSA) is 119 Å². The predicted molar refractivity (Wildman–Crippen MR) is 132 cm³/mol.